The summed E-state index contributed by atoms with van der Waals surface area (Å²) < 4.78 is 7.15. The van der Waals surface area contributed by atoms with Gasteiger partial charge in [0.1, 0.15) is 11.5 Å². The smallest absolute Gasteiger partial charge is 0.160 e. The average Bonchev–Trinajstić information content (AvgIpc) is 3.57. The molecule has 0 unspecified atom stereocenters. The molecule has 0 amide bonds. The number of rotatable bonds is 3. The molecule has 1 aromatic heterocycles. The third-order valence-electron chi connectivity index (χ3n) is 11.9. The van der Waals surface area contributed by atoms with Gasteiger partial charge >= 0.3 is 0 Å². The first-order chi connectivity index (χ1) is 27.8. The van der Waals surface area contributed by atoms with Gasteiger partial charge in [-0.1, -0.05) is 188 Å². The van der Waals surface area contributed by atoms with E-state index in [1.807, 2.05) is 24.3 Å². The summed E-state index contributed by atoms with van der Waals surface area (Å²) in [6.45, 7) is 0. The molecule has 1 aliphatic carbocycles. The van der Waals surface area contributed by atoms with Crippen molar-refractivity contribution >= 4 is 32.4 Å². The normalized spacial score (nSPS) is 13.3. The van der Waals surface area contributed by atoms with E-state index in [1.165, 1.54) is 38.9 Å². The number of benzene rings is 9. The van der Waals surface area contributed by atoms with Crippen molar-refractivity contribution in [1.29, 1.82) is 0 Å². The fraction of sp³-hybridized carbons (Fsp3) is 0.0189. The van der Waals surface area contributed by atoms with Gasteiger partial charge in [-0.2, -0.15) is 0 Å². The van der Waals surface area contributed by atoms with E-state index in [9.17, 15) is 0 Å². The fourth-order valence-corrected chi connectivity index (χ4v) is 9.51. The van der Waals surface area contributed by atoms with Crippen LogP contribution in [0.5, 0.6) is 11.5 Å². The molecule has 1 spiro atoms. The Labute approximate surface area is 324 Å². The van der Waals surface area contributed by atoms with Crippen LogP contribution in [0.2, 0.25) is 0 Å². The second-order valence-electron chi connectivity index (χ2n) is 14.8. The van der Waals surface area contributed by atoms with Gasteiger partial charge in [0.25, 0.3) is 0 Å². The summed E-state index contributed by atoms with van der Waals surface area (Å²) in [4.78, 5) is 10.1. The SMILES string of the molecule is c1ccc(-c2nc(-c3ccc(-c4cccc5c4-c4ccccc4C54c5ccc6ccccc6c5Oc5c4ccc4ccccc54)cc3)c3ccccc3n2)cc1. The van der Waals surface area contributed by atoms with Crippen LogP contribution in [0.15, 0.2) is 194 Å². The number of hydrogen-bond donors (Lipinski definition) is 0. The molecule has 0 atom stereocenters. The Morgan fingerprint density at radius 3 is 1.66 bits per heavy atom. The van der Waals surface area contributed by atoms with Gasteiger partial charge in [-0.25, -0.2) is 9.97 Å². The molecule has 2 heterocycles. The standard InChI is InChI=1S/C53H32N2O/c1-2-15-37(16-3-1)52-54-47-24-11-9-20-42(47)49(55-52)36-27-25-35(26-28-36)38-21-12-23-44-48(38)41-19-8-10-22-43(41)53(44)45-31-29-33-13-4-6-17-39(33)50(45)56-51-40-18-7-5-14-34(40)30-32-46(51)53/h1-32H. The van der Waals surface area contributed by atoms with Gasteiger partial charge in [0, 0.05) is 38.4 Å². The van der Waals surface area contributed by atoms with Gasteiger partial charge in [0.15, 0.2) is 5.82 Å². The Bertz CT molecular complexity index is 3140. The van der Waals surface area contributed by atoms with E-state index in [-0.39, 0.29) is 0 Å². The summed E-state index contributed by atoms with van der Waals surface area (Å²) >= 11 is 0. The molecule has 0 radical (unpaired) electrons. The van der Waals surface area contributed by atoms with Crippen molar-refractivity contribution in [3.05, 3.63) is 216 Å². The number of para-hydroxylation sites is 1. The number of nitrogens with zero attached hydrogens (tertiary/aromatic N) is 2. The highest BCUT2D eigenvalue weighted by atomic mass is 16.5. The van der Waals surface area contributed by atoms with E-state index in [0.717, 1.165) is 72.2 Å². The van der Waals surface area contributed by atoms with Gasteiger partial charge in [-0.3, -0.25) is 0 Å². The topological polar surface area (TPSA) is 35.0 Å². The molecule has 3 nitrogen and oxygen atoms in total. The largest absolute Gasteiger partial charge is 0.455 e. The van der Waals surface area contributed by atoms with Crippen molar-refractivity contribution < 1.29 is 4.74 Å². The van der Waals surface area contributed by atoms with E-state index in [4.69, 9.17) is 14.7 Å². The third kappa shape index (κ3) is 4.28. The molecule has 0 saturated carbocycles. The van der Waals surface area contributed by atoms with Gasteiger partial charge < -0.3 is 4.74 Å². The van der Waals surface area contributed by atoms with Gasteiger partial charge in [0.05, 0.1) is 16.6 Å². The molecule has 9 aromatic carbocycles. The summed E-state index contributed by atoms with van der Waals surface area (Å²) in [5, 5.41) is 5.60. The van der Waals surface area contributed by atoms with Crippen LogP contribution in [0.25, 0.3) is 77.3 Å². The highest BCUT2D eigenvalue weighted by Gasteiger charge is 2.52. The molecule has 0 fully saturated rings. The predicted octanol–water partition coefficient (Wildman–Crippen LogP) is 13.4. The molecular formula is C53H32N2O. The lowest BCUT2D eigenvalue weighted by Gasteiger charge is -2.40. The number of ether oxygens (including phenoxy) is 1. The first-order valence-electron chi connectivity index (χ1n) is 19.2. The Kier molecular flexibility index (Phi) is 6.55. The third-order valence-corrected chi connectivity index (χ3v) is 11.9. The summed E-state index contributed by atoms with van der Waals surface area (Å²) in [5.74, 6) is 2.58. The Hall–Kier alpha value is -7.36. The Morgan fingerprint density at radius 1 is 0.357 bits per heavy atom. The summed E-state index contributed by atoms with van der Waals surface area (Å²) in [6.07, 6.45) is 0. The second-order valence-corrected chi connectivity index (χ2v) is 14.8. The van der Waals surface area contributed by atoms with Crippen molar-refractivity contribution in [3.8, 4) is 56.4 Å². The molecule has 56 heavy (non-hydrogen) atoms. The lowest BCUT2D eigenvalue weighted by atomic mass is 9.65. The van der Waals surface area contributed by atoms with E-state index in [1.54, 1.807) is 0 Å². The Balaban J connectivity index is 1.09. The number of aromatic nitrogens is 2. The predicted molar refractivity (Wildman–Crippen MR) is 228 cm³/mol. The molecule has 2 aliphatic rings. The molecule has 0 saturated heterocycles. The van der Waals surface area contributed by atoms with E-state index in [0.29, 0.717) is 0 Å². The zero-order chi connectivity index (χ0) is 36.8. The monoisotopic (exact) mass is 712 g/mol. The minimum absolute atomic E-state index is 0.591. The number of fused-ring (bicyclic) bond motifs is 14. The first-order valence-corrected chi connectivity index (χ1v) is 19.2. The van der Waals surface area contributed by atoms with E-state index < -0.39 is 5.41 Å². The molecule has 0 bridgehead atoms. The zero-order valence-corrected chi connectivity index (χ0v) is 30.3. The molecule has 10 aromatic rings. The van der Waals surface area contributed by atoms with Crippen LogP contribution in [0.1, 0.15) is 22.3 Å². The molecule has 12 rings (SSSR count). The van der Waals surface area contributed by atoms with Crippen molar-refractivity contribution in [2.24, 2.45) is 0 Å². The van der Waals surface area contributed by atoms with Crippen LogP contribution < -0.4 is 4.74 Å². The summed E-state index contributed by atoms with van der Waals surface area (Å²) in [7, 11) is 0. The molecule has 3 heteroatoms. The van der Waals surface area contributed by atoms with Crippen molar-refractivity contribution in [2.45, 2.75) is 5.41 Å². The maximum atomic E-state index is 7.15. The van der Waals surface area contributed by atoms with E-state index >= 15 is 0 Å². The second kappa shape index (κ2) is 11.8. The minimum atomic E-state index is -0.591. The Morgan fingerprint density at radius 2 is 0.929 bits per heavy atom. The van der Waals surface area contributed by atoms with Crippen LogP contribution >= 0.6 is 0 Å². The van der Waals surface area contributed by atoms with E-state index in [2.05, 4.69) is 170 Å². The maximum absolute atomic E-state index is 7.15. The maximum Gasteiger partial charge on any atom is 0.160 e. The summed E-state index contributed by atoms with van der Waals surface area (Å²) in [6, 6.07) is 69.6. The van der Waals surface area contributed by atoms with Crippen molar-refractivity contribution in [1.82, 2.24) is 9.97 Å². The lowest BCUT2D eigenvalue weighted by Crippen LogP contribution is -2.32. The van der Waals surface area contributed by atoms with Crippen LogP contribution in [0, 0.1) is 0 Å². The van der Waals surface area contributed by atoms with Crippen LogP contribution in [0.4, 0.5) is 0 Å². The van der Waals surface area contributed by atoms with Crippen LogP contribution in [-0.4, -0.2) is 9.97 Å². The summed E-state index contributed by atoms with van der Waals surface area (Å²) in [5.41, 5.74) is 13.1. The fourth-order valence-electron chi connectivity index (χ4n) is 9.51. The van der Waals surface area contributed by atoms with Crippen molar-refractivity contribution in [2.75, 3.05) is 0 Å². The molecular weight excluding hydrogens is 681 g/mol. The lowest BCUT2D eigenvalue weighted by molar-refractivity contribution is 0.447. The van der Waals surface area contributed by atoms with Crippen LogP contribution in [0.3, 0.4) is 0 Å². The molecule has 1 aliphatic heterocycles. The van der Waals surface area contributed by atoms with Gasteiger partial charge in [-0.05, 0) is 50.2 Å². The highest BCUT2D eigenvalue weighted by molar-refractivity contribution is 6.02. The quantitative estimate of drug-likeness (QED) is 0.183. The first kappa shape index (κ1) is 31.0. The highest BCUT2D eigenvalue weighted by Crippen LogP contribution is 2.65. The van der Waals surface area contributed by atoms with Crippen LogP contribution in [-0.2, 0) is 5.41 Å². The molecule has 260 valence electrons. The zero-order valence-electron chi connectivity index (χ0n) is 30.3. The number of hydrogen-bond acceptors (Lipinski definition) is 3. The minimum Gasteiger partial charge on any atom is -0.455 e. The van der Waals surface area contributed by atoms with Gasteiger partial charge in [0.2, 0.25) is 0 Å². The average molecular weight is 713 g/mol. The van der Waals surface area contributed by atoms with Gasteiger partial charge in [-0.15, -0.1) is 0 Å². The van der Waals surface area contributed by atoms with Crippen molar-refractivity contribution in [3.63, 3.8) is 0 Å². The molecule has 0 N–H and O–H groups in total.